The third kappa shape index (κ3) is 6.09. The van der Waals surface area contributed by atoms with Crippen LogP contribution >= 0.6 is 0 Å². The number of aliphatic hydroxyl groups is 1. The van der Waals surface area contributed by atoms with Gasteiger partial charge in [-0.15, -0.1) is 0 Å². The molecule has 41 heavy (non-hydrogen) atoms. The van der Waals surface area contributed by atoms with Crippen molar-refractivity contribution in [2.45, 2.75) is 31.0 Å². The third-order valence-electron chi connectivity index (χ3n) is 8.69. The molecule has 3 aliphatic heterocycles. The van der Waals surface area contributed by atoms with E-state index < -0.39 is 11.6 Å². The molecule has 216 valence electrons. The van der Waals surface area contributed by atoms with E-state index in [1.165, 1.54) is 0 Å². The molecule has 3 aliphatic rings. The van der Waals surface area contributed by atoms with Crippen LogP contribution in [0.1, 0.15) is 40.7 Å². The van der Waals surface area contributed by atoms with E-state index in [9.17, 15) is 14.7 Å². The highest BCUT2D eigenvalue weighted by Gasteiger charge is 2.50. The minimum absolute atomic E-state index is 0.174. The van der Waals surface area contributed by atoms with Gasteiger partial charge in [0.2, 0.25) is 5.60 Å². The number of carbonyl (C=O) groups is 2. The number of piperidine rings is 3. The number of ether oxygens (including phenoxy) is 3. The lowest BCUT2D eigenvalue weighted by Crippen LogP contribution is -2.65. The van der Waals surface area contributed by atoms with Gasteiger partial charge >= 0.3 is 5.97 Å². The maximum absolute atomic E-state index is 13.7. The number of rotatable bonds is 11. The fourth-order valence-corrected chi connectivity index (χ4v) is 6.31. The quantitative estimate of drug-likeness (QED) is 0.210. The van der Waals surface area contributed by atoms with Crippen LogP contribution in [0.2, 0.25) is 0 Å². The van der Waals surface area contributed by atoms with Crippen molar-refractivity contribution < 1.29 is 33.4 Å². The molecule has 1 atom stereocenters. The van der Waals surface area contributed by atoms with Gasteiger partial charge in [-0.05, 0) is 23.3 Å². The Hall–Kier alpha value is -3.88. The van der Waals surface area contributed by atoms with Crippen LogP contribution in [0.15, 0.2) is 78.9 Å². The Morgan fingerprint density at radius 2 is 1.46 bits per heavy atom. The molecule has 1 amide bonds. The van der Waals surface area contributed by atoms with E-state index in [4.69, 9.17) is 14.2 Å². The summed E-state index contributed by atoms with van der Waals surface area (Å²) in [4.78, 5) is 26.5. The molecule has 0 radical (unpaired) electrons. The molecule has 2 bridgehead atoms. The van der Waals surface area contributed by atoms with E-state index >= 15 is 0 Å². The second kappa shape index (κ2) is 12.3. The van der Waals surface area contributed by atoms with Gasteiger partial charge in [-0.25, -0.2) is 4.79 Å². The summed E-state index contributed by atoms with van der Waals surface area (Å²) in [7, 11) is 3.11. The molecule has 3 fully saturated rings. The average Bonchev–Trinajstić information content (AvgIpc) is 3.03. The standard InChI is InChI=1S/C33H38N2O6/c1-39-28-20-25(21-29(22-28)40-2)31(36)34-16-9-17-35-18-14-24(15-19-35)30(23-35)41-32(37)33(38,26-10-5-3-6-11-26)27-12-7-4-8-13-27/h3-8,10-13,20-22,24,30,38H,9,14-19,23H2,1-2H3/p+1. The molecule has 0 spiro atoms. The molecule has 0 aromatic heterocycles. The number of methoxy groups -OCH3 is 2. The molecule has 8 nitrogen and oxygen atoms in total. The fourth-order valence-electron chi connectivity index (χ4n) is 6.31. The summed E-state index contributed by atoms with van der Waals surface area (Å²) in [6.45, 7) is 4.19. The van der Waals surface area contributed by atoms with Crippen LogP contribution in [0.5, 0.6) is 11.5 Å². The smallest absolute Gasteiger partial charge is 0.348 e. The summed E-state index contributed by atoms with van der Waals surface area (Å²) in [5, 5.41) is 14.9. The number of amides is 1. The van der Waals surface area contributed by atoms with Crippen LogP contribution in [0.3, 0.4) is 0 Å². The van der Waals surface area contributed by atoms with Crippen molar-refractivity contribution in [2.75, 3.05) is 46.9 Å². The van der Waals surface area contributed by atoms with E-state index in [1.54, 1.807) is 56.7 Å². The van der Waals surface area contributed by atoms with E-state index in [0.717, 1.165) is 49.9 Å². The molecule has 0 aliphatic carbocycles. The Balaban J connectivity index is 1.22. The van der Waals surface area contributed by atoms with Crippen LogP contribution in [0.4, 0.5) is 0 Å². The largest absolute Gasteiger partial charge is 0.497 e. The molecule has 3 heterocycles. The molecule has 1 unspecified atom stereocenters. The van der Waals surface area contributed by atoms with Gasteiger partial charge < -0.3 is 29.1 Å². The van der Waals surface area contributed by atoms with Crippen LogP contribution in [-0.2, 0) is 15.1 Å². The van der Waals surface area contributed by atoms with Crippen LogP contribution in [-0.4, -0.2) is 74.5 Å². The van der Waals surface area contributed by atoms with Gasteiger partial charge in [-0.1, -0.05) is 60.7 Å². The first-order valence-electron chi connectivity index (χ1n) is 14.3. The Labute approximate surface area is 241 Å². The Kier molecular flexibility index (Phi) is 8.61. The lowest BCUT2D eigenvalue weighted by atomic mass is 9.82. The molecule has 0 saturated carbocycles. The van der Waals surface area contributed by atoms with E-state index in [2.05, 4.69) is 5.32 Å². The first-order chi connectivity index (χ1) is 19.9. The Morgan fingerprint density at radius 3 is 2.00 bits per heavy atom. The minimum atomic E-state index is -1.88. The number of quaternary nitrogens is 1. The van der Waals surface area contributed by atoms with Gasteiger partial charge in [0.15, 0.2) is 6.10 Å². The van der Waals surface area contributed by atoms with E-state index in [1.807, 2.05) is 36.4 Å². The minimum Gasteiger partial charge on any atom is -0.497 e. The Morgan fingerprint density at radius 1 is 0.902 bits per heavy atom. The highest BCUT2D eigenvalue weighted by molar-refractivity contribution is 5.95. The fraction of sp³-hybridized carbons (Fsp3) is 0.394. The summed E-state index contributed by atoms with van der Waals surface area (Å²) in [6, 6.07) is 23.1. The summed E-state index contributed by atoms with van der Waals surface area (Å²) in [6.07, 6.45) is 2.49. The molecule has 2 N–H and O–H groups in total. The zero-order valence-corrected chi connectivity index (χ0v) is 23.8. The first kappa shape index (κ1) is 28.6. The van der Waals surface area contributed by atoms with Gasteiger partial charge in [-0.2, -0.15) is 0 Å². The molecular weight excluding hydrogens is 520 g/mol. The predicted octanol–water partition coefficient (Wildman–Crippen LogP) is 3.91. The summed E-state index contributed by atoms with van der Waals surface area (Å²) in [5.41, 5.74) is -0.410. The number of hydrogen-bond acceptors (Lipinski definition) is 6. The molecule has 8 heteroatoms. The zero-order chi connectivity index (χ0) is 28.9. The van der Waals surface area contributed by atoms with Crippen molar-refractivity contribution in [3.05, 3.63) is 95.6 Å². The predicted molar refractivity (Wildman–Crippen MR) is 155 cm³/mol. The lowest BCUT2D eigenvalue weighted by molar-refractivity contribution is -0.946. The van der Waals surface area contributed by atoms with Gasteiger partial charge in [-0.3, -0.25) is 4.79 Å². The lowest BCUT2D eigenvalue weighted by Gasteiger charge is -2.52. The van der Waals surface area contributed by atoms with Gasteiger partial charge in [0.25, 0.3) is 5.91 Å². The third-order valence-corrected chi connectivity index (χ3v) is 8.69. The van der Waals surface area contributed by atoms with Crippen molar-refractivity contribution in [2.24, 2.45) is 5.92 Å². The van der Waals surface area contributed by atoms with E-state index in [0.29, 0.717) is 34.7 Å². The maximum Gasteiger partial charge on any atom is 0.348 e. The van der Waals surface area contributed by atoms with E-state index in [-0.39, 0.29) is 17.9 Å². The monoisotopic (exact) mass is 559 g/mol. The maximum atomic E-state index is 13.7. The molecule has 3 aromatic rings. The molecular formula is C33H39N2O6+. The van der Waals surface area contributed by atoms with Crippen molar-refractivity contribution in [1.82, 2.24) is 5.32 Å². The summed E-state index contributed by atoms with van der Waals surface area (Å²) >= 11 is 0. The van der Waals surface area contributed by atoms with Crippen molar-refractivity contribution >= 4 is 11.9 Å². The average molecular weight is 560 g/mol. The van der Waals surface area contributed by atoms with Crippen molar-refractivity contribution in [1.29, 1.82) is 0 Å². The highest BCUT2D eigenvalue weighted by Crippen LogP contribution is 2.38. The summed E-state index contributed by atoms with van der Waals surface area (Å²) in [5.74, 6) is 0.616. The van der Waals surface area contributed by atoms with Gasteiger partial charge in [0.05, 0.1) is 33.9 Å². The normalized spacial score (nSPS) is 21.6. The number of nitrogens with zero attached hydrogens (tertiary/aromatic N) is 1. The van der Waals surface area contributed by atoms with Crippen LogP contribution < -0.4 is 14.8 Å². The highest BCUT2D eigenvalue weighted by atomic mass is 16.6. The number of benzene rings is 3. The number of nitrogens with one attached hydrogen (secondary N) is 1. The molecule has 3 saturated heterocycles. The van der Waals surface area contributed by atoms with Gasteiger partial charge in [0.1, 0.15) is 18.0 Å². The van der Waals surface area contributed by atoms with Gasteiger partial charge in [0, 0.05) is 43.4 Å². The zero-order valence-electron chi connectivity index (χ0n) is 23.8. The number of carbonyl (C=O) groups excluding carboxylic acids is 2. The first-order valence-corrected chi connectivity index (χ1v) is 14.3. The molecule has 6 rings (SSSR count). The summed E-state index contributed by atoms with van der Waals surface area (Å²) < 4.78 is 17.6. The second-order valence-corrected chi connectivity index (χ2v) is 11.1. The Bertz CT molecular complexity index is 1280. The van der Waals surface area contributed by atoms with Crippen LogP contribution in [0.25, 0.3) is 0 Å². The van der Waals surface area contributed by atoms with Crippen molar-refractivity contribution in [3.8, 4) is 11.5 Å². The molecule has 3 aromatic carbocycles. The SMILES string of the molecule is COc1cc(OC)cc(C(=O)NCCC[N+]23CCC(CC2)C(OC(=O)C(O)(c2ccccc2)c2ccccc2)C3)c1. The topological polar surface area (TPSA) is 94.1 Å². The van der Waals surface area contributed by atoms with Crippen LogP contribution in [0, 0.1) is 5.92 Å². The number of hydrogen-bond donors (Lipinski definition) is 2. The second-order valence-electron chi connectivity index (χ2n) is 11.1. The number of fused-ring (bicyclic) bond motifs is 3. The van der Waals surface area contributed by atoms with Crippen molar-refractivity contribution in [3.63, 3.8) is 0 Å². The number of esters is 1.